The molecule has 0 radical (unpaired) electrons. The molecule has 0 fully saturated rings. The van der Waals surface area contributed by atoms with E-state index in [1.54, 1.807) is 39.0 Å². The Morgan fingerprint density at radius 2 is 1.64 bits per heavy atom. The summed E-state index contributed by atoms with van der Waals surface area (Å²) < 4.78 is 5.23. The molecule has 0 saturated carbocycles. The number of carbonyl (C=O) groups excluding carboxylic acids is 3. The van der Waals surface area contributed by atoms with E-state index in [1.807, 2.05) is 39.0 Å². The summed E-state index contributed by atoms with van der Waals surface area (Å²) in [6, 6.07) is 9.29. The first kappa shape index (κ1) is 28.6. The second kappa shape index (κ2) is 12.4. The number of amides is 3. The number of alkyl carbamates (subject to hydrolysis) is 1. The van der Waals surface area contributed by atoms with E-state index in [9.17, 15) is 24.6 Å². The monoisotopic (exact) mass is 499 g/mol. The lowest BCUT2D eigenvalue weighted by atomic mass is 10.0. The van der Waals surface area contributed by atoms with E-state index in [-0.39, 0.29) is 17.9 Å². The van der Waals surface area contributed by atoms with Crippen molar-refractivity contribution in [3.8, 4) is 5.75 Å². The van der Waals surface area contributed by atoms with E-state index < -0.39 is 42.2 Å². The first-order valence-electron chi connectivity index (χ1n) is 11.9. The van der Waals surface area contributed by atoms with Crippen molar-refractivity contribution in [1.82, 2.24) is 10.2 Å². The Hall–Kier alpha value is -3.59. The second-order valence-corrected chi connectivity index (χ2v) is 9.63. The lowest BCUT2D eigenvalue weighted by molar-refractivity contribution is -0.141. The van der Waals surface area contributed by atoms with Crippen LogP contribution in [-0.4, -0.2) is 57.8 Å². The fourth-order valence-corrected chi connectivity index (χ4v) is 3.82. The number of hydrogen-bond acceptors (Lipinski definition) is 6. The lowest BCUT2D eigenvalue weighted by Crippen LogP contribution is -2.54. The van der Waals surface area contributed by atoms with Crippen LogP contribution in [-0.2, 0) is 14.3 Å². The maximum Gasteiger partial charge on any atom is 0.408 e. The molecule has 9 nitrogen and oxygen atoms in total. The maximum absolute atomic E-state index is 13.7. The third-order valence-electron chi connectivity index (χ3n) is 5.44. The summed E-state index contributed by atoms with van der Waals surface area (Å²) in [4.78, 5) is 40.9. The van der Waals surface area contributed by atoms with Crippen LogP contribution < -0.4 is 10.6 Å². The van der Waals surface area contributed by atoms with E-state index in [0.29, 0.717) is 12.1 Å². The first-order chi connectivity index (χ1) is 16.9. The van der Waals surface area contributed by atoms with Gasteiger partial charge in [0.05, 0.1) is 6.61 Å². The van der Waals surface area contributed by atoms with Crippen LogP contribution in [0.25, 0.3) is 0 Å². The number of aliphatic hydroxyl groups excluding tert-OH is 1. The molecule has 0 heterocycles. The van der Waals surface area contributed by atoms with E-state index >= 15 is 0 Å². The molecule has 2 aromatic carbocycles. The topological polar surface area (TPSA) is 128 Å². The molecule has 4 N–H and O–H groups in total. The average molecular weight is 500 g/mol. The molecule has 36 heavy (non-hydrogen) atoms. The Morgan fingerprint density at radius 3 is 2.17 bits per heavy atom. The van der Waals surface area contributed by atoms with Crippen molar-refractivity contribution in [3.05, 3.63) is 59.2 Å². The molecule has 2 rings (SSSR count). The fourth-order valence-electron chi connectivity index (χ4n) is 3.82. The standard InChI is InChI=1S/C27H37N3O6/c1-7-15-30(25(34)20(16-31)28-26(35)36-27(4,5)6)23(19-13-8-9-14-21(19)32)24(33)29-22-17(2)11-10-12-18(22)3/h8-14,20,23,31-32H,7,15-16H2,1-6H3,(H,28,35)(H,29,33). The van der Waals surface area contributed by atoms with Gasteiger partial charge in [0, 0.05) is 17.8 Å². The van der Waals surface area contributed by atoms with Crippen molar-refractivity contribution in [3.63, 3.8) is 0 Å². The van der Waals surface area contributed by atoms with Crippen molar-refractivity contribution >= 4 is 23.6 Å². The number of anilines is 1. The molecule has 0 saturated heterocycles. The quantitative estimate of drug-likeness (QED) is 0.415. The van der Waals surface area contributed by atoms with Crippen molar-refractivity contribution in [2.75, 3.05) is 18.5 Å². The number of phenols is 1. The number of aliphatic hydroxyl groups is 1. The van der Waals surface area contributed by atoms with Gasteiger partial charge < -0.3 is 30.5 Å². The molecular weight excluding hydrogens is 462 g/mol. The van der Waals surface area contributed by atoms with Crippen molar-refractivity contribution in [1.29, 1.82) is 0 Å². The molecule has 0 aliphatic rings. The summed E-state index contributed by atoms with van der Waals surface area (Å²) in [7, 11) is 0. The Labute approximate surface area is 212 Å². The zero-order valence-corrected chi connectivity index (χ0v) is 21.8. The number of benzene rings is 2. The van der Waals surface area contributed by atoms with E-state index in [2.05, 4.69) is 10.6 Å². The van der Waals surface area contributed by atoms with Crippen molar-refractivity contribution < 1.29 is 29.3 Å². The number of ether oxygens (including phenoxy) is 1. The van der Waals surface area contributed by atoms with Crippen LogP contribution >= 0.6 is 0 Å². The molecule has 0 aromatic heterocycles. The Balaban J connectivity index is 2.49. The van der Waals surface area contributed by atoms with Gasteiger partial charge in [-0.15, -0.1) is 0 Å². The third-order valence-corrected chi connectivity index (χ3v) is 5.44. The fraction of sp³-hybridized carbons (Fsp3) is 0.444. The number of phenolic OH excluding ortho intramolecular Hbond substituents is 1. The highest BCUT2D eigenvalue weighted by Gasteiger charge is 2.37. The minimum Gasteiger partial charge on any atom is -0.508 e. The molecule has 0 aliphatic heterocycles. The molecule has 2 aromatic rings. The van der Waals surface area contributed by atoms with Crippen LogP contribution in [0.1, 0.15) is 56.8 Å². The van der Waals surface area contributed by atoms with Gasteiger partial charge in [-0.2, -0.15) is 0 Å². The number of aryl methyl sites for hydroxylation is 2. The Bertz CT molecular complexity index is 1060. The highest BCUT2D eigenvalue weighted by atomic mass is 16.6. The molecule has 0 aliphatic carbocycles. The van der Waals surface area contributed by atoms with Gasteiger partial charge in [0.1, 0.15) is 23.4 Å². The van der Waals surface area contributed by atoms with E-state index in [0.717, 1.165) is 11.1 Å². The summed E-state index contributed by atoms with van der Waals surface area (Å²) in [5.74, 6) is -1.38. The van der Waals surface area contributed by atoms with Gasteiger partial charge in [-0.25, -0.2) is 4.79 Å². The SMILES string of the molecule is CCCN(C(=O)C(CO)NC(=O)OC(C)(C)C)C(C(=O)Nc1c(C)cccc1C)c1ccccc1O. The maximum atomic E-state index is 13.7. The van der Waals surface area contributed by atoms with Gasteiger partial charge in [0.15, 0.2) is 0 Å². The highest BCUT2D eigenvalue weighted by molar-refractivity contribution is 6.00. The molecule has 0 bridgehead atoms. The van der Waals surface area contributed by atoms with Gasteiger partial charge in [-0.1, -0.05) is 43.3 Å². The summed E-state index contributed by atoms with van der Waals surface area (Å²) >= 11 is 0. The Kier molecular flexibility index (Phi) is 9.86. The van der Waals surface area contributed by atoms with Crippen LogP contribution in [0.2, 0.25) is 0 Å². The van der Waals surface area contributed by atoms with Crippen LogP contribution in [0.4, 0.5) is 10.5 Å². The zero-order valence-electron chi connectivity index (χ0n) is 21.8. The second-order valence-electron chi connectivity index (χ2n) is 9.63. The number of hydrogen-bond donors (Lipinski definition) is 4. The molecule has 2 atom stereocenters. The molecule has 196 valence electrons. The number of para-hydroxylation sites is 2. The summed E-state index contributed by atoms with van der Waals surface area (Å²) in [6.45, 7) is 10.0. The molecule has 9 heteroatoms. The van der Waals surface area contributed by atoms with Gasteiger partial charge in [0.2, 0.25) is 5.91 Å². The van der Waals surface area contributed by atoms with Gasteiger partial charge in [-0.3, -0.25) is 9.59 Å². The van der Waals surface area contributed by atoms with E-state index in [1.165, 1.54) is 11.0 Å². The third kappa shape index (κ3) is 7.45. The number of aromatic hydroxyl groups is 1. The largest absolute Gasteiger partial charge is 0.508 e. The van der Waals surface area contributed by atoms with Crippen molar-refractivity contribution in [2.45, 2.75) is 65.6 Å². The first-order valence-corrected chi connectivity index (χ1v) is 11.9. The van der Waals surface area contributed by atoms with Crippen LogP contribution in [0, 0.1) is 13.8 Å². The number of nitrogens with one attached hydrogen (secondary N) is 2. The van der Waals surface area contributed by atoms with Gasteiger partial charge >= 0.3 is 6.09 Å². The molecule has 3 amide bonds. The zero-order chi connectivity index (χ0) is 27.0. The predicted molar refractivity (Wildman–Crippen MR) is 138 cm³/mol. The lowest BCUT2D eigenvalue weighted by Gasteiger charge is -2.34. The average Bonchev–Trinajstić information content (AvgIpc) is 2.79. The van der Waals surface area contributed by atoms with Gasteiger partial charge in [0.25, 0.3) is 5.91 Å². The minimum atomic E-state index is -1.35. The summed E-state index contributed by atoms with van der Waals surface area (Å²) in [5.41, 5.74) is 1.70. The highest BCUT2D eigenvalue weighted by Crippen LogP contribution is 2.31. The van der Waals surface area contributed by atoms with Crippen molar-refractivity contribution in [2.24, 2.45) is 0 Å². The number of rotatable bonds is 9. The normalized spacial score (nSPS) is 12.9. The molecular formula is C27H37N3O6. The summed E-state index contributed by atoms with van der Waals surface area (Å²) in [6.07, 6.45) is -0.387. The molecule has 2 unspecified atom stereocenters. The van der Waals surface area contributed by atoms with Crippen LogP contribution in [0.15, 0.2) is 42.5 Å². The molecule has 0 spiro atoms. The number of nitrogens with zero attached hydrogens (tertiary/aromatic N) is 1. The van der Waals surface area contributed by atoms with Crippen LogP contribution in [0.5, 0.6) is 5.75 Å². The Morgan fingerprint density at radius 1 is 1.03 bits per heavy atom. The van der Waals surface area contributed by atoms with E-state index in [4.69, 9.17) is 4.74 Å². The predicted octanol–water partition coefficient (Wildman–Crippen LogP) is 3.81. The van der Waals surface area contributed by atoms with Gasteiger partial charge in [-0.05, 0) is 58.2 Å². The summed E-state index contributed by atoms with van der Waals surface area (Å²) in [5, 5.41) is 25.9. The number of carbonyl (C=O) groups is 3. The minimum absolute atomic E-state index is 0.129. The van der Waals surface area contributed by atoms with Crippen LogP contribution in [0.3, 0.4) is 0 Å². The smallest absolute Gasteiger partial charge is 0.408 e.